The highest BCUT2D eigenvalue weighted by molar-refractivity contribution is 6.15. The van der Waals surface area contributed by atoms with Gasteiger partial charge in [-0.15, -0.1) is 0 Å². The van der Waals surface area contributed by atoms with Crippen molar-refractivity contribution >= 4 is 11.7 Å². The molecular formula is C22H23NO4. The first-order chi connectivity index (χ1) is 13.2. The van der Waals surface area contributed by atoms with Crippen molar-refractivity contribution in [1.29, 1.82) is 0 Å². The maximum atomic E-state index is 13.2. The molecule has 2 aliphatic heterocycles. The number of hydrogen-bond donors (Lipinski definition) is 0. The Morgan fingerprint density at radius 1 is 0.889 bits per heavy atom. The topological polar surface area (TPSA) is 55.8 Å². The zero-order valence-corrected chi connectivity index (χ0v) is 15.2. The van der Waals surface area contributed by atoms with Crippen molar-refractivity contribution < 1.29 is 19.1 Å². The number of carbonyl (C=O) groups excluding carboxylic acids is 2. The Morgan fingerprint density at radius 3 is 2.30 bits per heavy atom. The second kappa shape index (κ2) is 8.03. The van der Waals surface area contributed by atoms with Crippen molar-refractivity contribution in [3.8, 4) is 0 Å². The van der Waals surface area contributed by atoms with Gasteiger partial charge in [0.15, 0.2) is 12.1 Å². The van der Waals surface area contributed by atoms with Gasteiger partial charge >= 0.3 is 0 Å². The highest BCUT2D eigenvalue weighted by Gasteiger charge is 2.33. The third kappa shape index (κ3) is 3.80. The van der Waals surface area contributed by atoms with Gasteiger partial charge in [0.25, 0.3) is 5.91 Å². The molecule has 2 aromatic rings. The highest BCUT2D eigenvalue weighted by atomic mass is 16.7. The number of carbonyl (C=O) groups is 2. The van der Waals surface area contributed by atoms with E-state index in [0.29, 0.717) is 43.0 Å². The summed E-state index contributed by atoms with van der Waals surface area (Å²) in [6, 6.07) is 16.1. The van der Waals surface area contributed by atoms with Crippen LogP contribution in [0.2, 0.25) is 0 Å². The summed E-state index contributed by atoms with van der Waals surface area (Å²) in [7, 11) is 0. The Balaban J connectivity index is 1.56. The Bertz CT molecular complexity index is 814. The van der Waals surface area contributed by atoms with Crippen LogP contribution < -0.4 is 0 Å². The number of ether oxygens (including phenoxy) is 2. The van der Waals surface area contributed by atoms with E-state index in [-0.39, 0.29) is 23.9 Å². The molecule has 2 aliphatic rings. The number of hydrogen-bond acceptors (Lipinski definition) is 4. The number of ketones is 1. The molecule has 0 radical (unpaired) electrons. The number of benzene rings is 2. The van der Waals surface area contributed by atoms with E-state index in [0.717, 1.165) is 12.8 Å². The zero-order chi connectivity index (χ0) is 18.6. The van der Waals surface area contributed by atoms with Gasteiger partial charge in [-0.3, -0.25) is 9.59 Å². The van der Waals surface area contributed by atoms with E-state index in [4.69, 9.17) is 9.47 Å². The predicted molar refractivity (Wildman–Crippen MR) is 101 cm³/mol. The van der Waals surface area contributed by atoms with Crippen LogP contribution in [0.4, 0.5) is 0 Å². The van der Waals surface area contributed by atoms with Gasteiger partial charge in [0.1, 0.15) is 0 Å². The Morgan fingerprint density at radius 2 is 1.56 bits per heavy atom. The van der Waals surface area contributed by atoms with E-state index < -0.39 is 0 Å². The quantitative estimate of drug-likeness (QED) is 0.781. The normalized spacial score (nSPS) is 20.6. The minimum absolute atomic E-state index is 0.0995. The molecule has 0 spiro atoms. The van der Waals surface area contributed by atoms with Crippen molar-refractivity contribution in [3.05, 3.63) is 71.3 Å². The van der Waals surface area contributed by atoms with Gasteiger partial charge in [-0.1, -0.05) is 48.5 Å². The molecule has 1 unspecified atom stereocenters. The zero-order valence-electron chi connectivity index (χ0n) is 15.2. The van der Waals surface area contributed by atoms with Gasteiger partial charge in [0.2, 0.25) is 0 Å². The fraction of sp³-hybridized carbons (Fsp3) is 0.364. The molecule has 27 heavy (non-hydrogen) atoms. The molecule has 0 aromatic heterocycles. The Labute approximate surface area is 158 Å². The highest BCUT2D eigenvalue weighted by Crippen LogP contribution is 2.26. The van der Waals surface area contributed by atoms with Crippen molar-refractivity contribution in [3.63, 3.8) is 0 Å². The van der Waals surface area contributed by atoms with Crippen LogP contribution in [0.25, 0.3) is 0 Å². The lowest BCUT2D eigenvalue weighted by atomic mass is 9.94. The number of likely N-dealkylation sites (tertiary alicyclic amines) is 1. The molecule has 0 N–H and O–H groups in total. The van der Waals surface area contributed by atoms with Gasteiger partial charge in [-0.2, -0.15) is 0 Å². The smallest absolute Gasteiger partial charge is 0.254 e. The second-order valence-electron chi connectivity index (χ2n) is 7.00. The standard InChI is InChI=1S/C22H23NO4/c24-20(16-7-2-1-3-8-16)18-10-4-5-11-19(18)21(25)23-12-6-9-17(15-23)22-26-13-14-27-22/h1-5,7-8,10-11,17,22H,6,9,12-15H2. The van der Waals surface area contributed by atoms with Crippen LogP contribution in [0.5, 0.6) is 0 Å². The lowest BCUT2D eigenvalue weighted by Crippen LogP contribution is -2.44. The van der Waals surface area contributed by atoms with Crippen molar-refractivity contribution in [2.45, 2.75) is 19.1 Å². The van der Waals surface area contributed by atoms with Crippen LogP contribution >= 0.6 is 0 Å². The summed E-state index contributed by atoms with van der Waals surface area (Å²) >= 11 is 0. The summed E-state index contributed by atoms with van der Waals surface area (Å²) < 4.78 is 11.3. The lowest BCUT2D eigenvalue weighted by molar-refractivity contribution is -0.0969. The average molecular weight is 365 g/mol. The summed E-state index contributed by atoms with van der Waals surface area (Å²) in [4.78, 5) is 28.0. The fourth-order valence-electron chi connectivity index (χ4n) is 3.85. The molecule has 0 aliphatic carbocycles. The third-order valence-corrected chi connectivity index (χ3v) is 5.22. The maximum Gasteiger partial charge on any atom is 0.254 e. The molecule has 2 heterocycles. The molecule has 1 atom stereocenters. The molecule has 140 valence electrons. The molecule has 2 saturated heterocycles. The molecule has 5 nitrogen and oxygen atoms in total. The monoisotopic (exact) mass is 365 g/mol. The Hall–Kier alpha value is -2.50. The first-order valence-corrected chi connectivity index (χ1v) is 9.45. The summed E-state index contributed by atoms with van der Waals surface area (Å²) in [6.07, 6.45) is 1.68. The van der Waals surface area contributed by atoms with Crippen LogP contribution in [0, 0.1) is 5.92 Å². The molecule has 0 saturated carbocycles. The predicted octanol–water partition coefficient (Wildman–Crippen LogP) is 3.14. The van der Waals surface area contributed by atoms with E-state index >= 15 is 0 Å². The number of nitrogens with zero attached hydrogens (tertiary/aromatic N) is 1. The first kappa shape index (κ1) is 17.9. The van der Waals surface area contributed by atoms with Crippen molar-refractivity contribution in [2.24, 2.45) is 5.92 Å². The van der Waals surface area contributed by atoms with Crippen molar-refractivity contribution in [2.75, 3.05) is 26.3 Å². The van der Waals surface area contributed by atoms with E-state index in [1.165, 1.54) is 0 Å². The summed E-state index contributed by atoms with van der Waals surface area (Å²) in [5, 5.41) is 0. The van der Waals surface area contributed by atoms with Crippen LogP contribution in [-0.2, 0) is 9.47 Å². The maximum absolute atomic E-state index is 13.2. The average Bonchev–Trinajstić information content (AvgIpc) is 3.28. The second-order valence-corrected chi connectivity index (χ2v) is 7.00. The van der Waals surface area contributed by atoms with Gasteiger partial charge in [-0.05, 0) is 18.9 Å². The van der Waals surface area contributed by atoms with E-state index in [1.54, 1.807) is 36.4 Å². The number of piperidine rings is 1. The van der Waals surface area contributed by atoms with E-state index in [2.05, 4.69) is 0 Å². The van der Waals surface area contributed by atoms with Crippen LogP contribution in [0.3, 0.4) is 0 Å². The van der Waals surface area contributed by atoms with E-state index in [1.807, 2.05) is 23.1 Å². The third-order valence-electron chi connectivity index (χ3n) is 5.22. The minimum Gasteiger partial charge on any atom is -0.350 e. The lowest BCUT2D eigenvalue weighted by Gasteiger charge is -2.35. The summed E-state index contributed by atoms with van der Waals surface area (Å²) in [6.45, 7) is 2.51. The van der Waals surface area contributed by atoms with Gasteiger partial charge < -0.3 is 14.4 Å². The molecule has 2 fully saturated rings. The molecule has 0 bridgehead atoms. The number of amides is 1. The minimum atomic E-state index is -0.221. The van der Waals surface area contributed by atoms with Gasteiger partial charge in [0.05, 0.1) is 18.8 Å². The molecule has 5 heteroatoms. The van der Waals surface area contributed by atoms with Gasteiger partial charge in [0, 0.05) is 30.1 Å². The SMILES string of the molecule is O=C(c1ccccc1)c1ccccc1C(=O)N1CCCC(C2OCCO2)C1. The Kier molecular flexibility index (Phi) is 5.32. The molecule has 4 rings (SSSR count). The largest absolute Gasteiger partial charge is 0.350 e. The van der Waals surface area contributed by atoms with Crippen molar-refractivity contribution in [1.82, 2.24) is 4.90 Å². The fourth-order valence-corrected chi connectivity index (χ4v) is 3.85. The summed E-state index contributed by atoms with van der Waals surface area (Å²) in [5.74, 6) is -0.0460. The molecule has 1 amide bonds. The first-order valence-electron chi connectivity index (χ1n) is 9.45. The van der Waals surface area contributed by atoms with Crippen LogP contribution in [0.15, 0.2) is 54.6 Å². The van der Waals surface area contributed by atoms with Crippen LogP contribution in [-0.4, -0.2) is 49.2 Å². The summed E-state index contributed by atoms with van der Waals surface area (Å²) in [5.41, 5.74) is 1.49. The van der Waals surface area contributed by atoms with E-state index in [9.17, 15) is 9.59 Å². The molecular weight excluding hydrogens is 342 g/mol. The molecule has 2 aromatic carbocycles. The van der Waals surface area contributed by atoms with Crippen LogP contribution in [0.1, 0.15) is 39.1 Å². The number of rotatable bonds is 4. The van der Waals surface area contributed by atoms with Gasteiger partial charge in [-0.25, -0.2) is 0 Å².